The van der Waals surface area contributed by atoms with Crippen LogP contribution in [-0.4, -0.2) is 79.8 Å². The maximum atomic E-state index is 12.4. The van der Waals surface area contributed by atoms with E-state index >= 15 is 0 Å². The van der Waals surface area contributed by atoms with Gasteiger partial charge in [0.2, 0.25) is 5.91 Å². The monoisotopic (exact) mass is 397 g/mol. The molecule has 4 rings (SSSR count). The van der Waals surface area contributed by atoms with Crippen molar-refractivity contribution in [3.63, 3.8) is 0 Å². The average molecular weight is 398 g/mol. The first kappa shape index (κ1) is 18.2. The second-order valence-corrected chi connectivity index (χ2v) is 9.69. The van der Waals surface area contributed by atoms with Gasteiger partial charge in [-0.15, -0.1) is 11.8 Å². The van der Waals surface area contributed by atoms with E-state index in [-0.39, 0.29) is 23.6 Å². The summed E-state index contributed by atoms with van der Waals surface area (Å²) in [7, 11) is 0. The summed E-state index contributed by atoms with van der Waals surface area (Å²) in [4.78, 5) is 33.1. The highest BCUT2D eigenvalue weighted by Gasteiger charge is 2.60. The van der Waals surface area contributed by atoms with Crippen molar-refractivity contribution in [2.45, 2.75) is 37.7 Å². The van der Waals surface area contributed by atoms with E-state index in [9.17, 15) is 19.8 Å². The van der Waals surface area contributed by atoms with Crippen LogP contribution in [0.5, 0.6) is 0 Å². The summed E-state index contributed by atoms with van der Waals surface area (Å²) in [6.07, 6.45) is 0.369. The number of likely N-dealkylation sites (tertiary alicyclic amines) is 1. The lowest BCUT2D eigenvalue weighted by atomic mass is 9.79. The number of amidine groups is 1. The number of thioether (sulfide) groups is 2. The van der Waals surface area contributed by atoms with E-state index in [4.69, 9.17) is 0 Å². The highest BCUT2D eigenvalue weighted by Crippen LogP contribution is 2.52. The smallest absolute Gasteiger partial charge is 0.353 e. The molecule has 0 bridgehead atoms. The molecule has 2 fully saturated rings. The second-order valence-electron chi connectivity index (χ2n) is 7.28. The first-order valence-corrected chi connectivity index (χ1v) is 10.8. The van der Waals surface area contributed by atoms with Crippen LogP contribution in [0, 0.1) is 11.8 Å². The van der Waals surface area contributed by atoms with Crippen LogP contribution in [0.25, 0.3) is 0 Å². The molecule has 26 heavy (non-hydrogen) atoms. The normalized spacial score (nSPS) is 32.8. The van der Waals surface area contributed by atoms with Gasteiger partial charge < -0.3 is 20.0 Å². The number of carbonyl (C=O) groups is 2. The van der Waals surface area contributed by atoms with Gasteiger partial charge >= 0.3 is 5.97 Å². The Balaban J connectivity index is 1.47. The van der Waals surface area contributed by atoms with Gasteiger partial charge in [0.1, 0.15) is 5.70 Å². The lowest BCUT2D eigenvalue weighted by Gasteiger charge is -2.46. The number of aliphatic hydroxyl groups is 1. The highest BCUT2D eigenvalue weighted by atomic mass is 32.2. The van der Waals surface area contributed by atoms with Crippen molar-refractivity contribution in [3.8, 4) is 0 Å². The fraction of sp³-hybridized carbons (Fsp3) is 0.706. The van der Waals surface area contributed by atoms with Crippen molar-refractivity contribution >= 4 is 40.6 Å². The van der Waals surface area contributed by atoms with Crippen LogP contribution in [0.2, 0.25) is 0 Å². The van der Waals surface area contributed by atoms with Crippen molar-refractivity contribution in [1.82, 2.24) is 9.80 Å². The van der Waals surface area contributed by atoms with E-state index in [0.717, 1.165) is 41.9 Å². The summed E-state index contributed by atoms with van der Waals surface area (Å²) in [6, 6.07) is -0.231. The molecule has 0 aromatic carbocycles. The molecule has 0 aliphatic carbocycles. The van der Waals surface area contributed by atoms with Gasteiger partial charge in [-0.25, -0.2) is 4.79 Å². The molecular formula is C17H23N3O4S2. The van der Waals surface area contributed by atoms with Crippen molar-refractivity contribution in [2.75, 3.05) is 25.4 Å². The SMILES string of the molecule is C[C@@H](O)C1C(=O)N2C(C(=O)O)=C(SC3CN(C4=NCCCS4)C3)[C@H](C)[C@H]12. The fourth-order valence-electron chi connectivity index (χ4n) is 4.17. The molecule has 4 aliphatic heterocycles. The molecule has 4 atom stereocenters. The van der Waals surface area contributed by atoms with E-state index in [2.05, 4.69) is 9.89 Å². The summed E-state index contributed by atoms with van der Waals surface area (Å²) in [5.74, 6) is -0.768. The molecule has 0 spiro atoms. The van der Waals surface area contributed by atoms with E-state index in [1.165, 1.54) is 4.90 Å². The number of aliphatic hydroxyl groups excluding tert-OH is 1. The molecule has 0 aromatic heterocycles. The number of nitrogens with zero attached hydrogens (tertiary/aromatic N) is 3. The van der Waals surface area contributed by atoms with Crippen LogP contribution >= 0.6 is 23.5 Å². The van der Waals surface area contributed by atoms with Gasteiger partial charge in [0, 0.05) is 41.5 Å². The van der Waals surface area contributed by atoms with Gasteiger partial charge in [0.15, 0.2) is 5.17 Å². The Bertz CT molecular complexity index is 702. The number of amides is 1. The van der Waals surface area contributed by atoms with Gasteiger partial charge in [-0.05, 0) is 13.3 Å². The number of β-lactam (4-membered cyclic amide) rings is 1. The van der Waals surface area contributed by atoms with Crippen LogP contribution in [0.1, 0.15) is 20.3 Å². The summed E-state index contributed by atoms with van der Waals surface area (Å²) in [6.45, 7) is 6.18. The van der Waals surface area contributed by atoms with Gasteiger partial charge in [0.05, 0.1) is 18.1 Å². The van der Waals surface area contributed by atoms with Crippen LogP contribution < -0.4 is 0 Å². The maximum absolute atomic E-state index is 12.4. The first-order chi connectivity index (χ1) is 12.4. The predicted molar refractivity (Wildman–Crippen MR) is 102 cm³/mol. The number of carbonyl (C=O) groups excluding carboxylic acids is 1. The minimum atomic E-state index is -1.05. The quantitative estimate of drug-likeness (QED) is 0.685. The molecule has 4 aliphatic rings. The molecule has 7 nitrogen and oxygen atoms in total. The molecule has 142 valence electrons. The van der Waals surface area contributed by atoms with Crippen LogP contribution in [0.15, 0.2) is 15.6 Å². The van der Waals surface area contributed by atoms with Crippen molar-refractivity contribution in [1.29, 1.82) is 0 Å². The minimum Gasteiger partial charge on any atom is -0.477 e. The average Bonchev–Trinajstić information content (AvgIpc) is 2.80. The second kappa shape index (κ2) is 6.76. The Labute approximate surface area is 160 Å². The number of carboxylic acid groups (broad SMARTS) is 1. The van der Waals surface area contributed by atoms with Gasteiger partial charge in [-0.1, -0.05) is 18.7 Å². The molecule has 0 radical (unpaired) electrons. The van der Waals surface area contributed by atoms with Crippen LogP contribution in [0.3, 0.4) is 0 Å². The molecule has 2 N–H and O–H groups in total. The zero-order valence-corrected chi connectivity index (χ0v) is 16.4. The molecule has 4 heterocycles. The Kier molecular flexibility index (Phi) is 4.73. The molecular weight excluding hydrogens is 374 g/mol. The third-order valence-corrected chi connectivity index (χ3v) is 8.09. The Morgan fingerprint density at radius 1 is 1.42 bits per heavy atom. The van der Waals surface area contributed by atoms with Gasteiger partial charge in [-0.3, -0.25) is 9.79 Å². The zero-order chi connectivity index (χ0) is 18.6. The van der Waals surface area contributed by atoms with E-state index in [0.29, 0.717) is 5.25 Å². The number of hydrogen-bond donors (Lipinski definition) is 2. The largest absolute Gasteiger partial charge is 0.477 e. The van der Waals surface area contributed by atoms with E-state index < -0.39 is 18.0 Å². The highest BCUT2D eigenvalue weighted by molar-refractivity contribution is 8.13. The Morgan fingerprint density at radius 3 is 2.73 bits per heavy atom. The summed E-state index contributed by atoms with van der Waals surface area (Å²) >= 11 is 3.38. The molecule has 0 saturated carbocycles. The number of fused-ring (bicyclic) bond motifs is 1. The standard InChI is InChI=1S/C17H23N3O4S2/c1-8-12-11(9(2)21)15(22)20(12)13(16(23)24)14(8)26-10-6-19(7-10)17-18-4-3-5-25-17/h8-12,21H,3-7H2,1-2H3,(H,23,24)/t8-,9-,11?,12-/m1/s1. The van der Waals surface area contributed by atoms with Crippen molar-refractivity contribution in [3.05, 3.63) is 10.6 Å². The third-order valence-electron chi connectivity index (χ3n) is 5.50. The molecule has 0 aromatic rings. The Morgan fingerprint density at radius 2 is 2.15 bits per heavy atom. The maximum Gasteiger partial charge on any atom is 0.353 e. The van der Waals surface area contributed by atoms with E-state index in [1.807, 2.05) is 6.92 Å². The number of carboxylic acids is 1. The van der Waals surface area contributed by atoms with Gasteiger partial charge in [-0.2, -0.15) is 0 Å². The van der Waals surface area contributed by atoms with Crippen LogP contribution in [-0.2, 0) is 9.59 Å². The van der Waals surface area contributed by atoms with E-state index in [1.54, 1.807) is 30.4 Å². The topological polar surface area (TPSA) is 93.4 Å². The molecule has 2 saturated heterocycles. The van der Waals surface area contributed by atoms with Gasteiger partial charge in [0.25, 0.3) is 0 Å². The first-order valence-electron chi connectivity index (χ1n) is 8.97. The fourth-order valence-corrected chi connectivity index (χ4v) is 6.66. The summed E-state index contributed by atoms with van der Waals surface area (Å²) in [5.41, 5.74) is 0.122. The minimum absolute atomic E-state index is 0.0566. The third kappa shape index (κ3) is 2.75. The summed E-state index contributed by atoms with van der Waals surface area (Å²) in [5, 5.41) is 21.0. The summed E-state index contributed by atoms with van der Waals surface area (Å²) < 4.78 is 0. The Hall–Kier alpha value is -1.19. The molecule has 9 heteroatoms. The number of aliphatic carboxylic acids is 1. The lowest BCUT2D eigenvalue weighted by molar-refractivity contribution is -0.163. The predicted octanol–water partition coefficient (Wildman–Crippen LogP) is 1.05. The zero-order valence-electron chi connectivity index (χ0n) is 14.8. The van der Waals surface area contributed by atoms with Crippen molar-refractivity contribution < 1.29 is 19.8 Å². The number of hydrogen-bond acceptors (Lipinski definition) is 7. The number of aliphatic imine (C=N–C) groups is 1. The van der Waals surface area contributed by atoms with Crippen LogP contribution in [0.4, 0.5) is 0 Å². The van der Waals surface area contributed by atoms with Crippen molar-refractivity contribution in [2.24, 2.45) is 16.8 Å². The lowest BCUT2D eigenvalue weighted by Crippen LogP contribution is -2.63. The number of rotatable bonds is 4. The molecule has 1 amide bonds. The molecule has 1 unspecified atom stereocenters.